The topological polar surface area (TPSA) is 32.3 Å². The number of likely N-dealkylation sites (N-methyl/N-ethyl adjacent to an activating group) is 1. The van der Waals surface area contributed by atoms with Crippen molar-refractivity contribution in [2.45, 2.75) is 19.1 Å². The van der Waals surface area contributed by atoms with Crippen LogP contribution in [-0.4, -0.2) is 42.7 Å². The van der Waals surface area contributed by atoms with Gasteiger partial charge in [0, 0.05) is 13.1 Å². The van der Waals surface area contributed by atoms with Gasteiger partial charge in [-0.25, -0.2) is 0 Å². The van der Waals surface area contributed by atoms with Gasteiger partial charge in [0.05, 0.1) is 6.04 Å². The van der Waals surface area contributed by atoms with Crippen LogP contribution in [0.1, 0.15) is 6.92 Å². The molecule has 0 radical (unpaired) electrons. The number of rotatable bonds is 2. The highest BCUT2D eigenvalue weighted by atomic mass is 19.4. The van der Waals surface area contributed by atoms with Crippen molar-refractivity contribution >= 4 is 5.91 Å². The Morgan fingerprint density at radius 1 is 1.54 bits per heavy atom. The van der Waals surface area contributed by atoms with Crippen LogP contribution in [0.3, 0.4) is 0 Å². The molecule has 0 atom stereocenters. The summed E-state index contributed by atoms with van der Waals surface area (Å²) in [5, 5.41) is 1.92. The van der Waals surface area contributed by atoms with Crippen molar-refractivity contribution in [3.8, 4) is 0 Å². The van der Waals surface area contributed by atoms with Gasteiger partial charge in [-0.15, -0.1) is 0 Å². The van der Waals surface area contributed by atoms with Gasteiger partial charge in [0.1, 0.15) is 0 Å². The molecule has 0 aromatic heterocycles. The fourth-order valence-electron chi connectivity index (χ4n) is 1.19. The summed E-state index contributed by atoms with van der Waals surface area (Å²) < 4.78 is 35.2. The van der Waals surface area contributed by atoms with Crippen LogP contribution < -0.4 is 5.32 Å². The van der Waals surface area contributed by atoms with E-state index in [0.29, 0.717) is 13.1 Å². The fraction of sp³-hybridized carbons (Fsp3) is 0.857. The van der Waals surface area contributed by atoms with Crippen LogP contribution >= 0.6 is 0 Å². The number of carbonyl (C=O) groups is 1. The van der Waals surface area contributed by atoms with E-state index in [-0.39, 0.29) is 6.04 Å². The molecule has 1 heterocycles. The summed E-state index contributed by atoms with van der Waals surface area (Å²) in [5.74, 6) is -1.84. The number of likely N-dealkylation sites (tertiary alicyclic amines) is 1. The number of amides is 1. The zero-order valence-corrected chi connectivity index (χ0v) is 7.19. The smallest absolute Gasteiger partial charge is 0.343 e. The minimum Gasteiger partial charge on any atom is -0.343 e. The average molecular weight is 196 g/mol. The van der Waals surface area contributed by atoms with Crippen molar-refractivity contribution in [2.24, 2.45) is 0 Å². The van der Waals surface area contributed by atoms with Crippen molar-refractivity contribution in [1.29, 1.82) is 0 Å². The van der Waals surface area contributed by atoms with Gasteiger partial charge in [0.25, 0.3) is 0 Å². The molecular weight excluding hydrogens is 185 g/mol. The average Bonchev–Trinajstić information content (AvgIpc) is 1.93. The lowest BCUT2D eigenvalue weighted by atomic mass is 10.1. The summed E-state index contributed by atoms with van der Waals surface area (Å²) in [5.41, 5.74) is 0. The van der Waals surface area contributed by atoms with Crippen LogP contribution in [0.15, 0.2) is 0 Å². The Morgan fingerprint density at radius 2 is 2.08 bits per heavy atom. The molecule has 3 nitrogen and oxygen atoms in total. The summed E-state index contributed by atoms with van der Waals surface area (Å²) in [7, 11) is 0. The minimum absolute atomic E-state index is 0.339. The van der Waals surface area contributed by atoms with E-state index in [0.717, 1.165) is 6.54 Å². The minimum atomic E-state index is -4.76. The normalized spacial score (nSPS) is 19.7. The summed E-state index contributed by atoms with van der Waals surface area (Å²) in [6.45, 7) is 3.75. The summed E-state index contributed by atoms with van der Waals surface area (Å²) in [6, 6.07) is -0.339. The highest BCUT2D eigenvalue weighted by molar-refractivity contribution is 5.82. The van der Waals surface area contributed by atoms with Crippen LogP contribution in [0.25, 0.3) is 0 Å². The number of halogens is 3. The third-order valence-corrected chi connectivity index (χ3v) is 2.00. The van der Waals surface area contributed by atoms with E-state index >= 15 is 0 Å². The Bertz CT molecular complexity index is 198. The molecule has 1 aliphatic heterocycles. The molecule has 0 unspecified atom stereocenters. The first kappa shape index (κ1) is 10.3. The third kappa shape index (κ3) is 2.58. The third-order valence-electron chi connectivity index (χ3n) is 2.00. The molecule has 0 aromatic carbocycles. The predicted molar refractivity (Wildman–Crippen MR) is 40.1 cm³/mol. The number of hydrogen-bond donors (Lipinski definition) is 1. The highest BCUT2D eigenvalue weighted by Crippen LogP contribution is 2.16. The van der Waals surface area contributed by atoms with Crippen molar-refractivity contribution < 1.29 is 18.0 Å². The zero-order valence-electron chi connectivity index (χ0n) is 7.19. The van der Waals surface area contributed by atoms with E-state index in [4.69, 9.17) is 0 Å². The van der Waals surface area contributed by atoms with Crippen LogP contribution in [0.4, 0.5) is 13.2 Å². The molecular formula is C7H11F3N2O. The largest absolute Gasteiger partial charge is 0.471 e. The first-order chi connectivity index (χ1) is 5.93. The second-order valence-corrected chi connectivity index (χ2v) is 3.02. The molecule has 0 aromatic rings. The first-order valence-corrected chi connectivity index (χ1v) is 4.03. The zero-order chi connectivity index (χ0) is 10.1. The van der Waals surface area contributed by atoms with Gasteiger partial charge in [0.2, 0.25) is 0 Å². The maximum atomic E-state index is 11.7. The first-order valence-electron chi connectivity index (χ1n) is 4.03. The maximum Gasteiger partial charge on any atom is 0.471 e. The Balaban J connectivity index is 2.25. The summed E-state index contributed by atoms with van der Waals surface area (Å²) in [4.78, 5) is 12.4. The molecule has 76 valence electrons. The molecule has 1 aliphatic rings. The molecule has 0 spiro atoms. The Hall–Kier alpha value is -0.780. The molecule has 1 N–H and O–H groups in total. The van der Waals surface area contributed by atoms with Gasteiger partial charge in [-0.3, -0.25) is 9.69 Å². The van der Waals surface area contributed by atoms with Crippen LogP contribution in [0.5, 0.6) is 0 Å². The Labute approximate surface area is 73.9 Å². The molecule has 1 rings (SSSR count). The molecule has 0 saturated carbocycles. The van der Waals surface area contributed by atoms with E-state index in [9.17, 15) is 18.0 Å². The maximum absolute atomic E-state index is 11.7. The summed E-state index contributed by atoms with van der Waals surface area (Å²) in [6.07, 6.45) is -4.76. The van der Waals surface area contributed by atoms with Crippen molar-refractivity contribution in [2.75, 3.05) is 19.6 Å². The quantitative estimate of drug-likeness (QED) is 0.692. The molecule has 1 amide bonds. The van der Waals surface area contributed by atoms with Gasteiger partial charge in [-0.05, 0) is 6.54 Å². The van der Waals surface area contributed by atoms with Gasteiger partial charge in [-0.2, -0.15) is 13.2 Å². The lowest BCUT2D eigenvalue weighted by Crippen LogP contribution is -2.60. The van der Waals surface area contributed by atoms with Gasteiger partial charge in [-0.1, -0.05) is 6.92 Å². The fourth-order valence-corrected chi connectivity index (χ4v) is 1.19. The highest BCUT2D eigenvalue weighted by Gasteiger charge is 2.41. The van der Waals surface area contributed by atoms with Gasteiger partial charge >= 0.3 is 12.1 Å². The summed E-state index contributed by atoms with van der Waals surface area (Å²) >= 11 is 0. The van der Waals surface area contributed by atoms with E-state index in [1.165, 1.54) is 0 Å². The van der Waals surface area contributed by atoms with E-state index in [1.54, 1.807) is 0 Å². The van der Waals surface area contributed by atoms with Crippen LogP contribution in [0.2, 0.25) is 0 Å². The van der Waals surface area contributed by atoms with E-state index in [2.05, 4.69) is 0 Å². The standard InChI is InChI=1S/C7H11F3N2O/c1-2-12-3-5(4-12)11-6(13)7(8,9)10/h5H,2-4H2,1H3,(H,11,13). The molecule has 6 heteroatoms. The lowest BCUT2D eigenvalue weighted by Gasteiger charge is -2.38. The second kappa shape index (κ2) is 3.53. The number of nitrogens with one attached hydrogen (secondary N) is 1. The Morgan fingerprint density at radius 3 is 2.46 bits per heavy atom. The predicted octanol–water partition coefficient (Wildman–Crippen LogP) is 0.369. The monoisotopic (exact) mass is 196 g/mol. The number of alkyl halides is 3. The van der Waals surface area contributed by atoms with Crippen LogP contribution in [0, 0.1) is 0 Å². The molecule has 13 heavy (non-hydrogen) atoms. The van der Waals surface area contributed by atoms with Gasteiger partial charge in [0.15, 0.2) is 0 Å². The second-order valence-electron chi connectivity index (χ2n) is 3.02. The lowest BCUT2D eigenvalue weighted by molar-refractivity contribution is -0.175. The van der Waals surface area contributed by atoms with Crippen LogP contribution in [-0.2, 0) is 4.79 Å². The van der Waals surface area contributed by atoms with Crippen molar-refractivity contribution in [1.82, 2.24) is 10.2 Å². The number of carbonyl (C=O) groups excluding carboxylic acids is 1. The van der Waals surface area contributed by atoms with E-state index in [1.807, 2.05) is 17.1 Å². The molecule has 1 saturated heterocycles. The molecule has 0 bridgehead atoms. The van der Waals surface area contributed by atoms with Crippen molar-refractivity contribution in [3.05, 3.63) is 0 Å². The number of nitrogens with zero attached hydrogens (tertiary/aromatic N) is 1. The Kier molecular flexibility index (Phi) is 2.80. The van der Waals surface area contributed by atoms with Gasteiger partial charge < -0.3 is 5.32 Å². The SMILES string of the molecule is CCN1CC(NC(=O)C(F)(F)F)C1. The van der Waals surface area contributed by atoms with Crippen molar-refractivity contribution in [3.63, 3.8) is 0 Å². The van der Waals surface area contributed by atoms with E-state index < -0.39 is 12.1 Å². The molecule has 1 fully saturated rings. The molecule has 0 aliphatic carbocycles. The number of hydrogen-bond acceptors (Lipinski definition) is 2.